The van der Waals surface area contributed by atoms with Crippen molar-refractivity contribution in [3.8, 4) is 5.75 Å². The summed E-state index contributed by atoms with van der Waals surface area (Å²) < 4.78 is 24.6. The zero-order valence-electron chi connectivity index (χ0n) is 10.4. The molecule has 0 aliphatic carbocycles. The molecule has 0 saturated carbocycles. The van der Waals surface area contributed by atoms with Crippen LogP contribution in [0.4, 0.5) is 4.39 Å². The molecule has 0 spiro atoms. The van der Waals surface area contributed by atoms with E-state index in [1.54, 1.807) is 6.07 Å². The van der Waals surface area contributed by atoms with Gasteiger partial charge < -0.3 is 9.47 Å². The molecular weight excluding hydrogens is 235 g/mol. The minimum atomic E-state index is -0.501. The molecule has 3 nitrogen and oxygen atoms in total. The van der Waals surface area contributed by atoms with Crippen molar-refractivity contribution in [3.63, 3.8) is 0 Å². The van der Waals surface area contributed by atoms with Gasteiger partial charge in [0.25, 0.3) is 0 Å². The maximum absolute atomic E-state index is 13.6. The zero-order valence-corrected chi connectivity index (χ0v) is 10.4. The molecule has 18 heavy (non-hydrogen) atoms. The van der Waals surface area contributed by atoms with Gasteiger partial charge in [0.1, 0.15) is 6.61 Å². The number of hydrogen-bond donors (Lipinski definition) is 0. The number of Topliss-reactive ketones (excluding diaryl/α,β-unsaturated/α-hetero) is 1. The fraction of sp³-hybridized carbons (Fsp3) is 0.500. The Kier molecular flexibility index (Phi) is 4.31. The quantitative estimate of drug-likeness (QED) is 0.773. The maximum Gasteiger partial charge on any atom is 0.165 e. The lowest BCUT2D eigenvalue weighted by Crippen LogP contribution is -2.26. The van der Waals surface area contributed by atoms with Crippen LogP contribution < -0.4 is 4.74 Å². The topological polar surface area (TPSA) is 35.5 Å². The van der Waals surface area contributed by atoms with Gasteiger partial charge in [-0.15, -0.1) is 0 Å². The lowest BCUT2D eigenvalue weighted by atomic mass is 10.1. The van der Waals surface area contributed by atoms with E-state index in [1.807, 2.05) is 0 Å². The summed E-state index contributed by atoms with van der Waals surface area (Å²) in [4.78, 5) is 11.4. The highest BCUT2D eigenvalue weighted by atomic mass is 19.1. The van der Waals surface area contributed by atoms with Crippen LogP contribution in [-0.2, 0) is 4.74 Å². The van der Waals surface area contributed by atoms with Crippen LogP contribution in [-0.4, -0.2) is 25.1 Å². The van der Waals surface area contributed by atoms with E-state index in [-0.39, 0.29) is 23.2 Å². The Morgan fingerprint density at radius 3 is 3.00 bits per heavy atom. The Labute approximate surface area is 106 Å². The summed E-state index contributed by atoms with van der Waals surface area (Å²) in [5.74, 6) is -0.660. The predicted octanol–water partition coefficient (Wildman–Crippen LogP) is 2.98. The van der Waals surface area contributed by atoms with Gasteiger partial charge in [0.2, 0.25) is 0 Å². The number of benzene rings is 1. The molecule has 0 radical (unpaired) electrons. The predicted molar refractivity (Wildman–Crippen MR) is 65.5 cm³/mol. The molecule has 0 bridgehead atoms. The molecule has 0 aromatic heterocycles. The first-order valence-electron chi connectivity index (χ1n) is 6.22. The SMILES string of the molecule is CC(=O)c1cccc(F)c1OCC1CCCCO1. The molecule has 1 aromatic carbocycles. The molecular formula is C14H17FO3. The van der Waals surface area contributed by atoms with Crippen molar-refractivity contribution in [3.05, 3.63) is 29.6 Å². The van der Waals surface area contributed by atoms with Gasteiger partial charge in [-0.2, -0.15) is 0 Å². The van der Waals surface area contributed by atoms with Crippen molar-refractivity contribution in [1.82, 2.24) is 0 Å². The van der Waals surface area contributed by atoms with Crippen molar-refractivity contribution >= 4 is 5.78 Å². The van der Waals surface area contributed by atoms with E-state index in [0.29, 0.717) is 6.61 Å². The third kappa shape index (κ3) is 3.07. The molecule has 0 N–H and O–H groups in total. The van der Waals surface area contributed by atoms with Gasteiger partial charge in [0, 0.05) is 6.61 Å². The summed E-state index contributed by atoms with van der Waals surface area (Å²) in [6.07, 6.45) is 3.09. The Morgan fingerprint density at radius 2 is 2.33 bits per heavy atom. The van der Waals surface area contributed by atoms with Gasteiger partial charge in [0.15, 0.2) is 17.3 Å². The Bertz CT molecular complexity index is 425. The van der Waals surface area contributed by atoms with E-state index in [4.69, 9.17) is 9.47 Å². The molecule has 98 valence electrons. The van der Waals surface area contributed by atoms with Gasteiger partial charge in [-0.25, -0.2) is 4.39 Å². The highest BCUT2D eigenvalue weighted by molar-refractivity contribution is 5.96. The van der Waals surface area contributed by atoms with Crippen LogP contribution in [0.2, 0.25) is 0 Å². The first-order valence-corrected chi connectivity index (χ1v) is 6.22. The van der Waals surface area contributed by atoms with E-state index in [0.717, 1.165) is 25.9 Å². The third-order valence-corrected chi connectivity index (χ3v) is 3.03. The molecule has 0 amide bonds. The van der Waals surface area contributed by atoms with E-state index in [1.165, 1.54) is 19.1 Å². The Hall–Kier alpha value is -1.42. The first-order chi connectivity index (χ1) is 8.68. The number of ether oxygens (including phenoxy) is 2. The van der Waals surface area contributed by atoms with E-state index in [9.17, 15) is 9.18 Å². The first kappa shape index (κ1) is 13.0. The normalized spacial score (nSPS) is 19.6. The largest absolute Gasteiger partial charge is 0.487 e. The van der Waals surface area contributed by atoms with E-state index in [2.05, 4.69) is 0 Å². The average Bonchev–Trinajstić information content (AvgIpc) is 2.38. The summed E-state index contributed by atoms with van der Waals surface area (Å²) in [5.41, 5.74) is 0.283. The molecule has 2 rings (SSSR count). The monoisotopic (exact) mass is 252 g/mol. The van der Waals surface area contributed by atoms with Crippen molar-refractivity contribution in [2.75, 3.05) is 13.2 Å². The molecule has 1 aliphatic rings. The number of carbonyl (C=O) groups excluding carboxylic acids is 1. The van der Waals surface area contributed by atoms with Crippen LogP contribution in [0.5, 0.6) is 5.75 Å². The van der Waals surface area contributed by atoms with Crippen LogP contribution in [0, 0.1) is 5.82 Å². The summed E-state index contributed by atoms with van der Waals surface area (Å²) in [5, 5.41) is 0. The second-order valence-corrected chi connectivity index (χ2v) is 4.47. The number of hydrogen-bond acceptors (Lipinski definition) is 3. The van der Waals surface area contributed by atoms with Gasteiger partial charge in [0.05, 0.1) is 11.7 Å². The highest BCUT2D eigenvalue weighted by Crippen LogP contribution is 2.24. The van der Waals surface area contributed by atoms with Gasteiger partial charge >= 0.3 is 0 Å². The third-order valence-electron chi connectivity index (χ3n) is 3.03. The lowest BCUT2D eigenvalue weighted by Gasteiger charge is -2.23. The minimum Gasteiger partial charge on any atom is -0.487 e. The van der Waals surface area contributed by atoms with Crippen molar-refractivity contribution in [2.45, 2.75) is 32.3 Å². The van der Waals surface area contributed by atoms with Crippen molar-refractivity contribution in [2.24, 2.45) is 0 Å². The summed E-state index contributed by atoms with van der Waals surface area (Å²) in [6.45, 7) is 2.42. The van der Waals surface area contributed by atoms with Crippen LogP contribution >= 0.6 is 0 Å². The number of halogens is 1. The van der Waals surface area contributed by atoms with Crippen molar-refractivity contribution < 1.29 is 18.7 Å². The fourth-order valence-corrected chi connectivity index (χ4v) is 2.05. The highest BCUT2D eigenvalue weighted by Gasteiger charge is 2.18. The summed E-state index contributed by atoms with van der Waals surface area (Å²) in [6, 6.07) is 4.38. The van der Waals surface area contributed by atoms with E-state index < -0.39 is 5.82 Å². The standard InChI is InChI=1S/C14H17FO3/c1-10(16)12-6-4-7-13(15)14(12)18-9-11-5-2-3-8-17-11/h4,6-7,11H,2-3,5,8-9H2,1H3. The molecule has 1 fully saturated rings. The second-order valence-electron chi connectivity index (χ2n) is 4.47. The lowest BCUT2D eigenvalue weighted by molar-refractivity contribution is -0.0118. The maximum atomic E-state index is 13.6. The molecule has 1 saturated heterocycles. The van der Waals surface area contributed by atoms with Crippen molar-refractivity contribution in [1.29, 1.82) is 0 Å². The summed E-state index contributed by atoms with van der Waals surface area (Å²) >= 11 is 0. The fourth-order valence-electron chi connectivity index (χ4n) is 2.05. The molecule has 4 heteroatoms. The van der Waals surface area contributed by atoms with Crippen LogP contribution in [0.15, 0.2) is 18.2 Å². The summed E-state index contributed by atoms with van der Waals surface area (Å²) in [7, 11) is 0. The van der Waals surface area contributed by atoms with E-state index >= 15 is 0 Å². The number of para-hydroxylation sites is 1. The molecule has 1 aliphatic heterocycles. The average molecular weight is 252 g/mol. The zero-order chi connectivity index (χ0) is 13.0. The van der Waals surface area contributed by atoms with Crippen LogP contribution in [0.25, 0.3) is 0 Å². The number of rotatable bonds is 4. The molecule has 1 aromatic rings. The van der Waals surface area contributed by atoms with Crippen LogP contribution in [0.1, 0.15) is 36.5 Å². The van der Waals surface area contributed by atoms with Gasteiger partial charge in [-0.1, -0.05) is 6.07 Å². The molecule has 1 atom stereocenters. The smallest absolute Gasteiger partial charge is 0.165 e. The Balaban J connectivity index is 2.05. The Morgan fingerprint density at radius 1 is 1.50 bits per heavy atom. The van der Waals surface area contributed by atoms with Crippen LogP contribution in [0.3, 0.4) is 0 Å². The minimum absolute atomic E-state index is 0.00170. The second kappa shape index (κ2) is 5.96. The van der Waals surface area contributed by atoms with Gasteiger partial charge in [-0.05, 0) is 38.3 Å². The number of ketones is 1. The molecule has 1 unspecified atom stereocenters. The number of carbonyl (C=O) groups is 1. The molecule has 1 heterocycles. The van der Waals surface area contributed by atoms with Gasteiger partial charge in [-0.3, -0.25) is 4.79 Å².